The molecule has 72 heavy (non-hydrogen) atoms. The van der Waals surface area contributed by atoms with E-state index in [1.807, 2.05) is 130 Å². The number of aliphatic hydroxyl groups is 2. The molecule has 0 aliphatic rings. The molecule has 2 aromatic heterocycles. The van der Waals surface area contributed by atoms with Crippen molar-refractivity contribution in [1.29, 1.82) is 1.34 Å². The van der Waals surface area contributed by atoms with Crippen LogP contribution in [0.5, 0.6) is 0 Å². The van der Waals surface area contributed by atoms with Crippen LogP contribution in [0, 0.1) is 65.6 Å². The van der Waals surface area contributed by atoms with Crippen molar-refractivity contribution in [2.24, 2.45) is 40.2 Å². The molecule has 0 saturated heterocycles. The number of Topliss-reactive ketones (excluding diaryl/α,β-unsaturated/α-hetero) is 4. The summed E-state index contributed by atoms with van der Waals surface area (Å²) in [6.07, 6.45) is 6.07. The number of benzene rings is 2. The Labute approximate surface area is 461 Å². The Morgan fingerprint density at radius 1 is 0.611 bits per heavy atom. The van der Waals surface area contributed by atoms with Gasteiger partial charge < -0.3 is 26.4 Å². The van der Waals surface area contributed by atoms with Gasteiger partial charge in [-0.25, -0.2) is 4.79 Å². The zero-order valence-corrected chi connectivity index (χ0v) is 48.9. The number of ketones is 4. The summed E-state index contributed by atoms with van der Waals surface area (Å²) in [5, 5.41) is 32.8. The van der Waals surface area contributed by atoms with E-state index in [4.69, 9.17) is 12.2 Å². The molecule has 6 atom stereocenters. The van der Waals surface area contributed by atoms with Gasteiger partial charge in [0.2, 0.25) is 0 Å². The fourth-order valence-electron chi connectivity index (χ4n) is 7.62. The van der Waals surface area contributed by atoms with Gasteiger partial charge in [0.05, 0.1) is 23.2 Å². The molecule has 0 bridgehead atoms. The third kappa shape index (κ3) is 28.8. The number of hydrogen-bond donors (Lipinski definition) is 5. The van der Waals surface area contributed by atoms with Crippen molar-refractivity contribution in [2.45, 2.75) is 145 Å². The fraction of sp³-hybridized carbons (Fsp3) is 0.500. The van der Waals surface area contributed by atoms with Gasteiger partial charge in [0.15, 0.2) is 17.3 Å². The van der Waals surface area contributed by atoms with Gasteiger partial charge in [-0.2, -0.15) is 0 Å². The second-order valence-corrected chi connectivity index (χ2v) is 21.2. The SMILES string of the molecule is CC(C)C[C@H](N)C(=O)CC(Cc1ccccc1)C(O)C(=O)CC(C)(C)C.CC(C)C[C@H](NC(=O)c1cccnc1)C(=O)CC(Cc1ccccc1)C(O)C(=O)CC(C)(C)C.Cl.O=C(O)c1cccnc1.[3H][B].[U]. The van der Waals surface area contributed by atoms with Crippen LogP contribution < -0.4 is 11.1 Å². The first-order valence-electron chi connectivity index (χ1n) is 24.5. The summed E-state index contributed by atoms with van der Waals surface area (Å²) in [4.78, 5) is 81.8. The first kappa shape index (κ1) is 67.6. The number of aliphatic hydroxyl groups excluding tert-OH is 2. The molecule has 0 fully saturated rings. The fourth-order valence-corrected chi connectivity index (χ4v) is 7.62. The van der Waals surface area contributed by atoms with Crippen molar-refractivity contribution in [3.05, 3.63) is 132 Å². The maximum Gasteiger partial charge on any atom is 0.337 e. The number of halogens is 1. The molecule has 4 rings (SSSR count). The van der Waals surface area contributed by atoms with Gasteiger partial charge in [0, 0.05) is 102 Å². The second kappa shape index (κ2) is 35.0. The minimum atomic E-state index is -1.25. The van der Waals surface area contributed by atoms with Crippen molar-refractivity contribution in [3.8, 4) is 0 Å². The molecule has 6 N–H and O–H groups in total. The van der Waals surface area contributed by atoms with Crippen molar-refractivity contribution in [3.63, 3.8) is 0 Å². The number of carboxylic acids is 1. The number of carbonyl (C=O) groups is 6. The third-order valence-electron chi connectivity index (χ3n) is 10.9. The number of nitrogens with zero attached hydrogens (tertiary/aromatic N) is 2. The summed E-state index contributed by atoms with van der Waals surface area (Å²) in [7, 11) is 3.75. The molecule has 0 aliphatic heterocycles. The molecule has 392 valence electrons. The van der Waals surface area contributed by atoms with E-state index in [9.17, 15) is 39.0 Å². The molecule has 0 spiro atoms. The van der Waals surface area contributed by atoms with Crippen molar-refractivity contribution in [1.82, 2.24) is 15.3 Å². The van der Waals surface area contributed by atoms with Crippen LogP contribution in [0.4, 0.5) is 0 Å². The molecule has 1 amide bonds. The Hall–Kier alpha value is -4.35. The number of aromatic carboxylic acids is 1. The number of hydrogen-bond acceptors (Lipinski definition) is 11. The maximum absolute atomic E-state index is 13.4. The predicted octanol–water partition coefficient (Wildman–Crippen LogP) is 8.51. The van der Waals surface area contributed by atoms with E-state index in [2.05, 4.69) is 23.7 Å². The molecule has 4 unspecified atom stereocenters. The molecular weight excluding hydrogens is 1160 g/mol. The molecule has 0 saturated carbocycles. The van der Waals surface area contributed by atoms with Crippen LogP contribution in [-0.2, 0) is 32.0 Å². The Bertz CT molecular complexity index is 2200. The Morgan fingerprint density at radius 3 is 1.33 bits per heavy atom. The quantitative estimate of drug-likeness (QED) is 0.0441. The molecule has 2 aromatic carbocycles. The molecular formula is C56H80BClN4O9U. The average Bonchev–Trinajstić information content (AvgIpc) is 3.31. The molecule has 0 aliphatic carbocycles. The van der Waals surface area contributed by atoms with Crippen LogP contribution in [0.1, 0.15) is 140 Å². The van der Waals surface area contributed by atoms with Gasteiger partial charge in [-0.1, -0.05) is 130 Å². The van der Waals surface area contributed by atoms with Crippen LogP contribution >= 0.6 is 12.4 Å². The molecule has 4 aromatic rings. The summed E-state index contributed by atoms with van der Waals surface area (Å²) < 4.78 is 5.25. The van der Waals surface area contributed by atoms with Crippen LogP contribution in [0.15, 0.2) is 110 Å². The van der Waals surface area contributed by atoms with Crippen molar-refractivity contribution >= 4 is 55.8 Å². The smallest absolute Gasteiger partial charge is 0.337 e. The van der Waals surface area contributed by atoms with Gasteiger partial charge >= 0.3 is 5.97 Å². The van der Waals surface area contributed by atoms with Crippen LogP contribution in [-0.4, -0.2) is 94.3 Å². The number of nitrogens with two attached hydrogens (primary N) is 1. The van der Waals surface area contributed by atoms with Crippen molar-refractivity contribution in [2.75, 3.05) is 0 Å². The van der Waals surface area contributed by atoms with Crippen molar-refractivity contribution < 1.29 is 75.2 Å². The van der Waals surface area contributed by atoms with Gasteiger partial charge in [-0.05, 0) is 85.1 Å². The number of amides is 1. The number of carboxylic acid groups (broad SMARTS) is 1. The van der Waals surface area contributed by atoms with Gasteiger partial charge in [-0.3, -0.25) is 33.9 Å². The van der Waals surface area contributed by atoms with E-state index >= 15 is 0 Å². The van der Waals surface area contributed by atoms with E-state index < -0.39 is 42.1 Å². The van der Waals surface area contributed by atoms with Gasteiger partial charge in [-0.15, -0.1) is 12.4 Å². The number of pyridine rings is 2. The molecule has 13 nitrogen and oxygen atoms in total. The third-order valence-corrected chi connectivity index (χ3v) is 10.9. The monoisotopic (exact) mass is 1240 g/mol. The van der Waals surface area contributed by atoms with E-state index in [-0.39, 0.29) is 121 Å². The predicted molar refractivity (Wildman–Crippen MR) is 285 cm³/mol. The van der Waals surface area contributed by atoms with Gasteiger partial charge in [0.1, 0.15) is 18.0 Å². The normalized spacial score (nSPS) is 13.6. The molecule has 2 heterocycles. The largest absolute Gasteiger partial charge is 0.478 e. The Kier molecular flexibility index (Phi) is 32.8. The summed E-state index contributed by atoms with van der Waals surface area (Å²) >= 11 is 0. The molecule has 16 heteroatoms. The Balaban J connectivity index is 0. The second-order valence-electron chi connectivity index (χ2n) is 21.2. The zero-order valence-electron chi connectivity index (χ0n) is 44.9. The minimum Gasteiger partial charge on any atom is -0.478 e. The average molecular weight is 1240 g/mol. The van der Waals surface area contributed by atoms with Gasteiger partial charge in [0.25, 0.3) is 5.91 Å². The van der Waals surface area contributed by atoms with E-state index in [1.54, 1.807) is 24.4 Å². The summed E-state index contributed by atoms with van der Waals surface area (Å²) in [5.74, 6) is -2.56. The number of nitrogens with one attached hydrogen (secondary N) is 1. The van der Waals surface area contributed by atoms with Crippen LogP contribution in [0.2, 0.25) is 0 Å². The number of carbonyl (C=O) groups excluding carboxylic acids is 5. The molecule has 2 radical (unpaired) electrons. The standard InChI is InChI=1S/C28H38N2O4.C22H35NO3.C6H5NO2.BH.ClH.U/c1-19(2)14-23(30-27(34)21-12-9-13-29-18-21)24(31)16-22(15-20-10-7-6-8-11-20)26(33)25(32)17-28(3,4)5;1-15(2)11-18(23)19(24)13-17(12-16-9-7-6-8-10-16)21(26)20(25)14-22(3,4)5;8-6(9)5-2-1-3-7-4-5;;;/h6-13,18-19,22-23,26,33H,14-17H2,1-5H3,(H,30,34);6-10,15,17-18,21,26H,11-14,23H2,1-5H3;1-4H,(H,8,9);2*1H;/t22?,23-,26?;17?,18-,21?;;;;/m00..../s1/i;;;1T;;. The summed E-state index contributed by atoms with van der Waals surface area (Å²) in [6, 6.07) is 24.3. The first-order valence-corrected chi connectivity index (χ1v) is 23.9. The van der Waals surface area contributed by atoms with E-state index in [0.717, 1.165) is 11.1 Å². The number of aromatic nitrogens is 2. The summed E-state index contributed by atoms with van der Waals surface area (Å²) in [6.45, 7) is 19.8. The summed E-state index contributed by atoms with van der Waals surface area (Å²) in [5.41, 5.74) is 8.11. The van der Waals surface area contributed by atoms with E-state index in [1.165, 1.54) is 24.7 Å². The zero-order chi connectivity index (χ0) is 53.9. The number of rotatable bonds is 23. The topological polar surface area (TPSA) is 227 Å². The van der Waals surface area contributed by atoms with Crippen LogP contribution in [0.3, 0.4) is 0 Å². The van der Waals surface area contributed by atoms with E-state index in [0.29, 0.717) is 37.2 Å². The Morgan fingerprint density at radius 2 is 1.00 bits per heavy atom. The first-order chi connectivity index (χ1) is 33.3. The van der Waals surface area contributed by atoms with Crippen LogP contribution in [0.25, 0.3) is 0 Å². The minimum absolute atomic E-state index is 0. The maximum atomic E-state index is 13.4.